The van der Waals surface area contributed by atoms with Crippen LogP contribution in [0.2, 0.25) is 0 Å². The van der Waals surface area contributed by atoms with E-state index in [4.69, 9.17) is 4.98 Å². The van der Waals surface area contributed by atoms with E-state index < -0.39 is 0 Å². The summed E-state index contributed by atoms with van der Waals surface area (Å²) >= 11 is 1.76. The minimum absolute atomic E-state index is 0.908. The van der Waals surface area contributed by atoms with Crippen molar-refractivity contribution in [2.75, 3.05) is 6.54 Å². The van der Waals surface area contributed by atoms with Gasteiger partial charge < -0.3 is 5.32 Å². The Morgan fingerprint density at radius 1 is 1.15 bits per heavy atom. The highest BCUT2D eigenvalue weighted by Crippen LogP contribution is 2.29. The third kappa shape index (κ3) is 3.10. The van der Waals surface area contributed by atoms with Crippen LogP contribution in [-0.4, -0.2) is 11.5 Å². The second-order valence-electron chi connectivity index (χ2n) is 5.95. The van der Waals surface area contributed by atoms with Gasteiger partial charge in [0.25, 0.3) is 0 Å². The molecule has 1 saturated carbocycles. The van der Waals surface area contributed by atoms with Crippen LogP contribution in [0.1, 0.15) is 34.5 Å². The molecule has 0 spiro atoms. The Morgan fingerprint density at radius 2 is 1.90 bits per heavy atom. The van der Waals surface area contributed by atoms with Crippen LogP contribution in [0.15, 0.2) is 17.5 Å². The topological polar surface area (TPSA) is 24.9 Å². The minimum atomic E-state index is 0.908. The van der Waals surface area contributed by atoms with Crippen LogP contribution in [0.4, 0.5) is 0 Å². The molecule has 3 rings (SSSR count). The predicted octanol–water partition coefficient (Wildman–Crippen LogP) is 4.23. The van der Waals surface area contributed by atoms with Crippen LogP contribution in [-0.2, 0) is 6.54 Å². The zero-order valence-corrected chi connectivity index (χ0v) is 13.3. The molecule has 3 heteroatoms. The minimum Gasteiger partial charge on any atom is -0.310 e. The fourth-order valence-electron chi connectivity index (χ4n) is 2.46. The van der Waals surface area contributed by atoms with E-state index in [1.54, 1.807) is 11.3 Å². The third-order valence-corrected chi connectivity index (χ3v) is 4.92. The Balaban J connectivity index is 1.73. The first-order valence-electron chi connectivity index (χ1n) is 7.37. The van der Waals surface area contributed by atoms with Crippen LogP contribution in [0.3, 0.4) is 0 Å². The number of nitrogens with zero attached hydrogens (tertiary/aromatic N) is 1. The fraction of sp³-hybridized carbons (Fsp3) is 0.471. The summed E-state index contributed by atoms with van der Waals surface area (Å²) in [5.41, 5.74) is 6.41. The number of aryl methyl sites for hydroxylation is 3. The average molecular weight is 286 g/mol. The number of benzene rings is 1. The molecule has 0 amide bonds. The average Bonchev–Trinajstić information content (AvgIpc) is 3.11. The summed E-state index contributed by atoms with van der Waals surface area (Å²) < 4.78 is 0. The zero-order valence-electron chi connectivity index (χ0n) is 12.5. The van der Waals surface area contributed by atoms with Crippen LogP contribution in [0.25, 0.3) is 11.3 Å². The van der Waals surface area contributed by atoms with E-state index in [1.807, 2.05) is 0 Å². The maximum Gasteiger partial charge on any atom is 0.107 e. The molecule has 2 nitrogen and oxygen atoms in total. The van der Waals surface area contributed by atoms with E-state index >= 15 is 0 Å². The summed E-state index contributed by atoms with van der Waals surface area (Å²) in [5, 5.41) is 6.89. The highest BCUT2D eigenvalue weighted by molar-refractivity contribution is 7.09. The van der Waals surface area contributed by atoms with Crippen molar-refractivity contribution in [3.05, 3.63) is 39.2 Å². The van der Waals surface area contributed by atoms with Crippen molar-refractivity contribution in [3.63, 3.8) is 0 Å². The lowest BCUT2D eigenvalue weighted by atomic mass is 9.99. The number of hydrogen-bond acceptors (Lipinski definition) is 3. The van der Waals surface area contributed by atoms with E-state index in [9.17, 15) is 0 Å². The van der Waals surface area contributed by atoms with Crippen molar-refractivity contribution in [2.45, 2.75) is 40.2 Å². The summed E-state index contributed by atoms with van der Waals surface area (Å²) in [7, 11) is 0. The number of aromatic nitrogens is 1. The molecular weight excluding hydrogens is 264 g/mol. The number of nitrogens with one attached hydrogen (secondary N) is 1. The molecular formula is C17H22N2S. The van der Waals surface area contributed by atoms with E-state index in [-0.39, 0.29) is 0 Å². The van der Waals surface area contributed by atoms with Crippen LogP contribution in [0, 0.1) is 26.7 Å². The van der Waals surface area contributed by atoms with E-state index in [2.05, 4.69) is 43.6 Å². The first kappa shape index (κ1) is 13.8. The Morgan fingerprint density at radius 3 is 2.65 bits per heavy atom. The molecule has 1 aliphatic rings. The number of hydrogen-bond donors (Lipinski definition) is 1. The molecule has 20 heavy (non-hydrogen) atoms. The maximum atomic E-state index is 4.79. The summed E-state index contributed by atoms with van der Waals surface area (Å²) in [5.74, 6) is 0.927. The van der Waals surface area contributed by atoms with Crippen LogP contribution >= 0.6 is 11.3 Å². The molecule has 106 valence electrons. The monoisotopic (exact) mass is 286 g/mol. The van der Waals surface area contributed by atoms with Gasteiger partial charge in [-0.3, -0.25) is 0 Å². The van der Waals surface area contributed by atoms with Gasteiger partial charge in [-0.25, -0.2) is 4.98 Å². The molecule has 1 heterocycles. The second kappa shape index (κ2) is 5.66. The fourth-order valence-corrected chi connectivity index (χ4v) is 3.22. The van der Waals surface area contributed by atoms with Gasteiger partial charge in [0.2, 0.25) is 0 Å². The van der Waals surface area contributed by atoms with Gasteiger partial charge in [0.1, 0.15) is 5.01 Å². The summed E-state index contributed by atoms with van der Waals surface area (Å²) in [6.07, 6.45) is 2.80. The first-order chi connectivity index (χ1) is 9.63. The van der Waals surface area contributed by atoms with Gasteiger partial charge in [0, 0.05) is 17.5 Å². The highest BCUT2D eigenvalue weighted by atomic mass is 32.1. The normalized spacial score (nSPS) is 14.8. The lowest BCUT2D eigenvalue weighted by Crippen LogP contribution is -2.15. The highest BCUT2D eigenvalue weighted by Gasteiger charge is 2.20. The quantitative estimate of drug-likeness (QED) is 0.889. The van der Waals surface area contributed by atoms with Gasteiger partial charge in [0.15, 0.2) is 0 Å². The van der Waals surface area contributed by atoms with E-state index in [0.29, 0.717) is 0 Å². The summed E-state index contributed by atoms with van der Waals surface area (Å²) in [4.78, 5) is 4.79. The van der Waals surface area contributed by atoms with Crippen molar-refractivity contribution in [3.8, 4) is 11.3 Å². The van der Waals surface area contributed by atoms with Crippen molar-refractivity contribution in [1.29, 1.82) is 0 Å². The van der Waals surface area contributed by atoms with Crippen molar-refractivity contribution in [1.82, 2.24) is 10.3 Å². The molecule has 1 aromatic heterocycles. The van der Waals surface area contributed by atoms with Crippen LogP contribution < -0.4 is 5.32 Å². The zero-order chi connectivity index (χ0) is 14.1. The molecule has 1 aliphatic carbocycles. The molecule has 0 radical (unpaired) electrons. The molecule has 2 aromatic rings. The largest absolute Gasteiger partial charge is 0.310 e. The predicted molar refractivity (Wildman–Crippen MR) is 86.2 cm³/mol. The molecule has 1 fully saturated rings. The van der Waals surface area contributed by atoms with Gasteiger partial charge >= 0.3 is 0 Å². The maximum absolute atomic E-state index is 4.79. The molecule has 1 N–H and O–H groups in total. The standard InChI is InChI=1S/C17H22N2S/c1-11-6-13(3)15(7-12(11)2)16-10-20-17(19-16)9-18-8-14-4-5-14/h6-7,10,14,18H,4-5,8-9H2,1-3H3. The second-order valence-corrected chi connectivity index (χ2v) is 6.89. The SMILES string of the molecule is Cc1cc(C)c(-c2csc(CNCC3CC3)n2)cc1C. The third-order valence-electron chi connectivity index (χ3n) is 4.07. The van der Waals surface area contributed by atoms with Crippen molar-refractivity contribution >= 4 is 11.3 Å². The summed E-state index contributed by atoms with van der Waals surface area (Å²) in [6, 6.07) is 4.52. The number of rotatable bonds is 5. The molecule has 1 aromatic carbocycles. The number of thiazole rings is 1. The molecule has 0 aliphatic heterocycles. The van der Waals surface area contributed by atoms with E-state index in [0.717, 1.165) is 24.7 Å². The van der Waals surface area contributed by atoms with Crippen LogP contribution in [0.5, 0.6) is 0 Å². The molecule has 0 unspecified atom stereocenters. The summed E-state index contributed by atoms with van der Waals surface area (Å²) in [6.45, 7) is 8.57. The van der Waals surface area contributed by atoms with E-state index in [1.165, 1.54) is 40.1 Å². The Kier molecular flexibility index (Phi) is 3.90. The Bertz CT molecular complexity index is 611. The van der Waals surface area contributed by atoms with Crippen molar-refractivity contribution in [2.24, 2.45) is 5.92 Å². The molecule has 0 bridgehead atoms. The lowest BCUT2D eigenvalue weighted by Gasteiger charge is -2.07. The lowest BCUT2D eigenvalue weighted by molar-refractivity contribution is 0.637. The molecule has 0 saturated heterocycles. The Hall–Kier alpha value is -1.19. The smallest absolute Gasteiger partial charge is 0.107 e. The Labute approximate surface area is 125 Å². The van der Waals surface area contributed by atoms with Gasteiger partial charge in [0.05, 0.1) is 5.69 Å². The van der Waals surface area contributed by atoms with Gasteiger partial charge in [-0.2, -0.15) is 0 Å². The van der Waals surface area contributed by atoms with Gasteiger partial charge in [-0.15, -0.1) is 11.3 Å². The van der Waals surface area contributed by atoms with Gasteiger partial charge in [-0.05, 0) is 68.8 Å². The van der Waals surface area contributed by atoms with Crippen molar-refractivity contribution < 1.29 is 0 Å². The van der Waals surface area contributed by atoms with Gasteiger partial charge in [-0.1, -0.05) is 6.07 Å². The molecule has 0 atom stereocenters. The first-order valence-corrected chi connectivity index (χ1v) is 8.25.